The Morgan fingerprint density at radius 2 is 1.74 bits per heavy atom. The van der Waals surface area contributed by atoms with Crippen LogP contribution in [0.4, 0.5) is 21.7 Å². The van der Waals surface area contributed by atoms with Gasteiger partial charge in [0.15, 0.2) is 22.5 Å². The third-order valence-corrected chi connectivity index (χ3v) is 4.55. The summed E-state index contributed by atoms with van der Waals surface area (Å²) >= 11 is 1.38. The lowest BCUT2D eigenvalue weighted by Gasteiger charge is -2.05. The lowest BCUT2D eigenvalue weighted by molar-refractivity contribution is 0.587. The average Bonchev–Trinajstić information content (AvgIpc) is 3.31. The number of nitrogen functional groups attached to an aromatic ring is 3. The van der Waals surface area contributed by atoms with Crippen molar-refractivity contribution < 1.29 is 4.39 Å². The van der Waals surface area contributed by atoms with Crippen LogP contribution in [0.1, 0.15) is 5.56 Å². The molecule has 3 heterocycles. The fourth-order valence-electron chi connectivity index (χ4n) is 2.43. The molecule has 0 aliphatic rings. The van der Waals surface area contributed by atoms with Crippen molar-refractivity contribution in [1.82, 2.24) is 29.7 Å². The van der Waals surface area contributed by atoms with Gasteiger partial charge in [0, 0.05) is 17.1 Å². The van der Waals surface area contributed by atoms with Gasteiger partial charge in [0.05, 0.1) is 6.54 Å². The highest BCUT2D eigenvalue weighted by molar-refractivity contribution is 7.13. The normalized spacial score (nSPS) is 11.0. The van der Waals surface area contributed by atoms with Crippen LogP contribution in [-0.2, 0) is 6.54 Å². The molecule has 0 amide bonds. The molecular formula is C16H14FN9S. The van der Waals surface area contributed by atoms with Crippen molar-refractivity contribution in [3.05, 3.63) is 47.2 Å². The molecule has 4 aromatic rings. The third kappa shape index (κ3) is 3.15. The van der Waals surface area contributed by atoms with Gasteiger partial charge in [-0.2, -0.15) is 0 Å². The van der Waals surface area contributed by atoms with Gasteiger partial charge in [0.1, 0.15) is 11.5 Å². The fraction of sp³-hybridized carbons (Fsp3) is 0.0625. The van der Waals surface area contributed by atoms with Crippen LogP contribution in [0.15, 0.2) is 35.8 Å². The minimum absolute atomic E-state index is 0.0405. The molecule has 136 valence electrons. The summed E-state index contributed by atoms with van der Waals surface area (Å²) in [5.41, 5.74) is 17.8. The molecule has 1 aromatic carbocycles. The smallest absolute Gasteiger partial charge is 0.219 e. The molecular weight excluding hydrogens is 369 g/mol. The standard InChI is InChI=1S/C16H14FN9S/c17-9-4-2-1-3-8(9)7-26-15(16-21-5-6-27-16)24-14(25-26)13-22-11(19)10(18)12(20)23-13/h1-6H,7,18H2,(H4,19,20,22,23). The summed E-state index contributed by atoms with van der Waals surface area (Å²) in [4.78, 5) is 16.9. The number of halogens is 1. The molecule has 0 fully saturated rings. The zero-order valence-electron chi connectivity index (χ0n) is 13.9. The molecule has 0 radical (unpaired) electrons. The van der Waals surface area contributed by atoms with Gasteiger partial charge in [-0.1, -0.05) is 18.2 Å². The van der Waals surface area contributed by atoms with Crippen molar-refractivity contribution >= 4 is 28.7 Å². The Labute approximate surface area is 156 Å². The zero-order valence-corrected chi connectivity index (χ0v) is 14.7. The molecule has 27 heavy (non-hydrogen) atoms. The highest BCUT2D eigenvalue weighted by atomic mass is 32.1. The summed E-state index contributed by atoms with van der Waals surface area (Å²) in [6.07, 6.45) is 1.65. The Balaban J connectivity index is 1.82. The first kappa shape index (κ1) is 16.8. The van der Waals surface area contributed by atoms with Crippen molar-refractivity contribution in [2.75, 3.05) is 17.2 Å². The Bertz CT molecular complexity index is 1080. The number of nitrogens with zero attached hydrogens (tertiary/aromatic N) is 6. The summed E-state index contributed by atoms with van der Waals surface area (Å²) in [6.45, 7) is 0.161. The molecule has 3 aromatic heterocycles. The third-order valence-electron chi connectivity index (χ3n) is 3.78. The van der Waals surface area contributed by atoms with Crippen molar-refractivity contribution in [3.63, 3.8) is 0 Å². The van der Waals surface area contributed by atoms with Crippen molar-refractivity contribution in [2.24, 2.45) is 0 Å². The maximum absolute atomic E-state index is 14.1. The fourth-order valence-corrected chi connectivity index (χ4v) is 3.06. The topological polar surface area (TPSA) is 147 Å². The van der Waals surface area contributed by atoms with Gasteiger partial charge in [-0.05, 0) is 6.07 Å². The van der Waals surface area contributed by atoms with E-state index in [1.54, 1.807) is 29.1 Å². The van der Waals surface area contributed by atoms with Gasteiger partial charge in [0.25, 0.3) is 0 Å². The number of hydrogen-bond acceptors (Lipinski definition) is 9. The molecule has 0 saturated heterocycles. The van der Waals surface area contributed by atoms with Crippen LogP contribution in [0.25, 0.3) is 22.5 Å². The second kappa shape index (κ2) is 6.61. The van der Waals surface area contributed by atoms with E-state index in [0.717, 1.165) is 0 Å². The number of rotatable bonds is 4. The molecule has 0 unspecified atom stereocenters. The number of anilines is 3. The Morgan fingerprint density at radius 1 is 1.00 bits per heavy atom. The molecule has 0 aliphatic carbocycles. The van der Waals surface area contributed by atoms with Crippen LogP contribution in [0.3, 0.4) is 0 Å². The first-order chi connectivity index (χ1) is 13.0. The van der Waals surface area contributed by atoms with E-state index < -0.39 is 0 Å². The second-order valence-corrected chi connectivity index (χ2v) is 6.47. The second-order valence-electron chi connectivity index (χ2n) is 5.58. The summed E-state index contributed by atoms with van der Waals surface area (Å²) in [7, 11) is 0. The monoisotopic (exact) mass is 383 g/mol. The Hall–Kier alpha value is -3.60. The SMILES string of the molecule is Nc1nc(-c2nc(-c3nccs3)n(Cc3ccccc3F)n2)nc(N)c1N. The zero-order chi connectivity index (χ0) is 19.0. The van der Waals surface area contributed by atoms with Crippen molar-refractivity contribution in [3.8, 4) is 22.5 Å². The highest BCUT2D eigenvalue weighted by Crippen LogP contribution is 2.26. The minimum atomic E-state index is -0.336. The van der Waals surface area contributed by atoms with Gasteiger partial charge in [-0.3, -0.25) is 0 Å². The van der Waals surface area contributed by atoms with Crippen LogP contribution < -0.4 is 17.2 Å². The van der Waals surface area contributed by atoms with Gasteiger partial charge in [0.2, 0.25) is 11.6 Å². The molecule has 6 N–H and O–H groups in total. The quantitative estimate of drug-likeness (QED) is 0.483. The lowest BCUT2D eigenvalue weighted by Crippen LogP contribution is -2.08. The van der Waals surface area contributed by atoms with E-state index >= 15 is 0 Å². The average molecular weight is 383 g/mol. The van der Waals surface area contributed by atoms with E-state index in [2.05, 4.69) is 25.0 Å². The van der Waals surface area contributed by atoms with E-state index in [9.17, 15) is 4.39 Å². The predicted octanol–water partition coefficient (Wildman–Crippen LogP) is 1.79. The largest absolute Gasteiger partial charge is 0.393 e. The van der Waals surface area contributed by atoms with E-state index in [0.29, 0.717) is 16.4 Å². The number of aromatic nitrogens is 6. The minimum Gasteiger partial charge on any atom is -0.393 e. The Morgan fingerprint density at radius 3 is 2.41 bits per heavy atom. The molecule has 9 nitrogen and oxygen atoms in total. The van der Waals surface area contributed by atoms with E-state index in [-0.39, 0.29) is 41.3 Å². The summed E-state index contributed by atoms with van der Waals surface area (Å²) < 4.78 is 15.6. The van der Waals surface area contributed by atoms with Crippen LogP contribution in [0.2, 0.25) is 0 Å². The van der Waals surface area contributed by atoms with Gasteiger partial charge >= 0.3 is 0 Å². The first-order valence-electron chi connectivity index (χ1n) is 7.80. The molecule has 0 bridgehead atoms. The molecule has 4 rings (SSSR count). The summed E-state index contributed by atoms with van der Waals surface area (Å²) in [5, 5.41) is 6.85. The molecule has 0 spiro atoms. The van der Waals surface area contributed by atoms with Crippen LogP contribution in [-0.4, -0.2) is 29.7 Å². The lowest BCUT2D eigenvalue weighted by atomic mass is 10.2. The van der Waals surface area contributed by atoms with E-state index in [1.807, 2.05) is 5.38 Å². The van der Waals surface area contributed by atoms with Gasteiger partial charge in [-0.25, -0.2) is 29.0 Å². The maximum atomic E-state index is 14.1. The molecule has 11 heteroatoms. The predicted molar refractivity (Wildman–Crippen MR) is 101 cm³/mol. The number of thiazole rings is 1. The molecule has 0 saturated carbocycles. The van der Waals surface area contributed by atoms with Gasteiger partial charge in [-0.15, -0.1) is 16.4 Å². The van der Waals surface area contributed by atoms with Crippen LogP contribution >= 0.6 is 11.3 Å². The van der Waals surface area contributed by atoms with Crippen molar-refractivity contribution in [1.29, 1.82) is 0 Å². The number of hydrogen-bond donors (Lipinski definition) is 3. The number of benzene rings is 1. The van der Waals surface area contributed by atoms with E-state index in [4.69, 9.17) is 17.2 Å². The first-order valence-corrected chi connectivity index (χ1v) is 8.68. The van der Waals surface area contributed by atoms with Crippen LogP contribution in [0.5, 0.6) is 0 Å². The highest BCUT2D eigenvalue weighted by Gasteiger charge is 2.19. The molecule has 0 atom stereocenters. The molecule has 0 aliphatic heterocycles. The van der Waals surface area contributed by atoms with Gasteiger partial charge < -0.3 is 17.2 Å². The number of nitrogens with two attached hydrogens (primary N) is 3. The van der Waals surface area contributed by atoms with Crippen LogP contribution in [0, 0.1) is 5.82 Å². The van der Waals surface area contributed by atoms with E-state index in [1.165, 1.54) is 17.4 Å². The van der Waals surface area contributed by atoms with Crippen molar-refractivity contribution in [2.45, 2.75) is 6.54 Å². The summed E-state index contributed by atoms with van der Waals surface area (Å²) in [6, 6.07) is 6.45. The maximum Gasteiger partial charge on any atom is 0.219 e. The Kier molecular flexibility index (Phi) is 4.12. The summed E-state index contributed by atoms with van der Waals surface area (Å²) in [5.74, 6) is 0.523.